The van der Waals surface area contributed by atoms with Crippen LogP contribution in [0.2, 0.25) is 0 Å². The van der Waals surface area contributed by atoms with E-state index in [0.29, 0.717) is 18.8 Å². The summed E-state index contributed by atoms with van der Waals surface area (Å²) in [5.74, 6) is -0.138. The van der Waals surface area contributed by atoms with Gasteiger partial charge in [-0.05, 0) is 31.4 Å². The lowest BCUT2D eigenvalue weighted by Gasteiger charge is -2.35. The highest BCUT2D eigenvalue weighted by Crippen LogP contribution is 2.36. The first-order valence-electron chi connectivity index (χ1n) is 9.78. The number of likely N-dealkylation sites (tertiary alicyclic amines) is 2. The first-order valence-corrected chi connectivity index (χ1v) is 9.78. The molecule has 2 amide bonds. The van der Waals surface area contributed by atoms with Gasteiger partial charge in [0.2, 0.25) is 11.8 Å². The Kier molecular flexibility index (Phi) is 4.78. The van der Waals surface area contributed by atoms with Gasteiger partial charge in [0.05, 0.1) is 24.7 Å². The zero-order valence-electron chi connectivity index (χ0n) is 15.9. The largest absolute Gasteiger partial charge is 0.326 e. The van der Waals surface area contributed by atoms with Gasteiger partial charge in [-0.2, -0.15) is 5.26 Å². The number of nitriles is 1. The molecule has 3 heterocycles. The van der Waals surface area contributed by atoms with Gasteiger partial charge in [0.1, 0.15) is 6.04 Å². The summed E-state index contributed by atoms with van der Waals surface area (Å²) in [5, 5.41) is 9.22. The van der Waals surface area contributed by atoms with E-state index in [1.54, 1.807) is 17.0 Å². The topological polar surface area (TPSA) is 72.0 Å². The normalized spacial score (nSPS) is 27.7. The van der Waals surface area contributed by atoms with Gasteiger partial charge in [-0.1, -0.05) is 19.1 Å². The fourth-order valence-corrected chi connectivity index (χ4v) is 4.77. The molecule has 144 valence electrons. The van der Waals surface area contributed by atoms with Crippen LogP contribution in [0.3, 0.4) is 0 Å². The van der Waals surface area contributed by atoms with E-state index in [1.165, 1.54) is 0 Å². The number of carbonyl (C=O) groups excluding carboxylic acids is 2. The van der Waals surface area contributed by atoms with Crippen molar-refractivity contribution in [1.29, 1.82) is 5.26 Å². The predicted molar refractivity (Wildman–Crippen MR) is 103 cm³/mol. The van der Waals surface area contributed by atoms with Crippen molar-refractivity contribution in [2.45, 2.75) is 44.3 Å². The molecule has 0 N–H and O–H groups in total. The third-order valence-electron chi connectivity index (χ3n) is 6.14. The Balaban J connectivity index is 1.40. The molecule has 7 heteroatoms. The van der Waals surface area contributed by atoms with E-state index >= 15 is 0 Å². The van der Waals surface area contributed by atoms with E-state index in [2.05, 4.69) is 15.8 Å². The molecule has 1 aromatic rings. The molecule has 3 aliphatic rings. The highest BCUT2D eigenvalue weighted by molar-refractivity contribution is 6.01. The van der Waals surface area contributed by atoms with E-state index in [9.17, 15) is 14.9 Å². The van der Waals surface area contributed by atoms with Crippen LogP contribution in [0.25, 0.3) is 4.85 Å². The number of nitrogens with zero attached hydrogens (tertiary/aromatic N) is 5. The minimum absolute atomic E-state index is 0.0193. The Bertz CT molecular complexity index is 868. The van der Waals surface area contributed by atoms with Crippen LogP contribution in [0.5, 0.6) is 0 Å². The molecule has 3 fully saturated rings. The molecule has 3 aliphatic heterocycles. The molecular formula is C21H23N5O2. The quantitative estimate of drug-likeness (QED) is 0.754. The zero-order valence-corrected chi connectivity index (χ0v) is 15.9. The molecular weight excluding hydrogens is 354 g/mol. The molecule has 28 heavy (non-hydrogen) atoms. The number of fused-ring (bicyclic) bond motifs is 2. The van der Waals surface area contributed by atoms with E-state index < -0.39 is 0 Å². The SMILES string of the molecule is [C-]#[N+]c1ccc(N2C(=O)[C@@H]3C[C@H]2CN3C[C@H](C)C(=O)N2CCC[C@H]2C#N)cc1. The molecule has 0 saturated carbocycles. The van der Waals surface area contributed by atoms with Crippen LogP contribution in [0.4, 0.5) is 11.4 Å². The number of anilines is 1. The molecule has 7 nitrogen and oxygen atoms in total. The lowest BCUT2D eigenvalue weighted by atomic mass is 10.1. The Labute approximate surface area is 164 Å². The lowest BCUT2D eigenvalue weighted by Crippen LogP contribution is -2.52. The van der Waals surface area contributed by atoms with Gasteiger partial charge >= 0.3 is 0 Å². The Morgan fingerprint density at radius 3 is 2.79 bits per heavy atom. The maximum absolute atomic E-state index is 12.9. The van der Waals surface area contributed by atoms with Crippen LogP contribution in [-0.4, -0.2) is 59.4 Å². The van der Waals surface area contributed by atoms with Crippen molar-refractivity contribution in [3.63, 3.8) is 0 Å². The average molecular weight is 377 g/mol. The van der Waals surface area contributed by atoms with Gasteiger partial charge in [-0.25, -0.2) is 4.85 Å². The molecule has 4 rings (SSSR count). The van der Waals surface area contributed by atoms with Gasteiger partial charge < -0.3 is 9.80 Å². The number of benzene rings is 1. The molecule has 0 aliphatic carbocycles. The second-order valence-electron chi connectivity index (χ2n) is 7.92. The third-order valence-corrected chi connectivity index (χ3v) is 6.14. The van der Waals surface area contributed by atoms with Crippen molar-refractivity contribution in [2.75, 3.05) is 24.5 Å². The fraction of sp³-hybridized carbons (Fsp3) is 0.524. The van der Waals surface area contributed by atoms with Crippen LogP contribution in [0, 0.1) is 23.8 Å². The molecule has 0 spiro atoms. The summed E-state index contributed by atoms with van der Waals surface area (Å²) in [4.78, 5) is 34.7. The summed E-state index contributed by atoms with van der Waals surface area (Å²) >= 11 is 0. The predicted octanol–water partition coefficient (Wildman–Crippen LogP) is 2.18. The standard InChI is InChI=1S/C21H23N5O2/c1-14(20(27)25-9-3-4-17(25)11-22)12-24-13-18-10-19(24)21(28)26(18)16-7-5-15(23-2)6-8-16/h5-8,14,17-19H,3-4,9-10,12-13H2,1H3/t14-,17-,18-,19-/m0/s1. The molecule has 1 aromatic carbocycles. The summed E-state index contributed by atoms with van der Waals surface area (Å²) in [6.07, 6.45) is 2.41. The molecule has 0 aromatic heterocycles. The Hall–Kier alpha value is -2.90. The van der Waals surface area contributed by atoms with E-state index in [4.69, 9.17) is 6.57 Å². The molecule has 0 unspecified atom stereocenters. The van der Waals surface area contributed by atoms with Crippen molar-refractivity contribution in [3.05, 3.63) is 35.7 Å². The zero-order chi connectivity index (χ0) is 19.8. The monoisotopic (exact) mass is 377 g/mol. The maximum Gasteiger partial charge on any atom is 0.244 e. The van der Waals surface area contributed by atoms with Gasteiger partial charge in [0, 0.05) is 31.2 Å². The number of hydrogen-bond donors (Lipinski definition) is 0. The second kappa shape index (κ2) is 7.26. The highest BCUT2D eigenvalue weighted by Gasteiger charge is 2.50. The number of amides is 2. The van der Waals surface area contributed by atoms with Crippen molar-refractivity contribution in [3.8, 4) is 6.07 Å². The van der Waals surface area contributed by atoms with Crippen LogP contribution in [0.1, 0.15) is 26.2 Å². The Morgan fingerprint density at radius 1 is 1.39 bits per heavy atom. The maximum atomic E-state index is 12.9. The van der Waals surface area contributed by atoms with Crippen LogP contribution in [0.15, 0.2) is 24.3 Å². The fourth-order valence-electron chi connectivity index (χ4n) is 4.77. The number of hydrogen-bond acceptors (Lipinski definition) is 4. The Morgan fingerprint density at radius 2 is 2.14 bits per heavy atom. The van der Waals surface area contributed by atoms with Crippen molar-refractivity contribution in [1.82, 2.24) is 9.80 Å². The van der Waals surface area contributed by atoms with E-state index in [1.807, 2.05) is 24.0 Å². The van der Waals surface area contributed by atoms with Crippen molar-refractivity contribution >= 4 is 23.2 Å². The molecule has 2 bridgehead atoms. The first kappa shape index (κ1) is 18.5. The molecule has 4 atom stereocenters. The summed E-state index contributed by atoms with van der Waals surface area (Å²) in [5.41, 5.74) is 1.40. The van der Waals surface area contributed by atoms with Crippen LogP contribution in [-0.2, 0) is 9.59 Å². The number of rotatable bonds is 4. The average Bonchev–Trinajstić information content (AvgIpc) is 3.41. The first-order chi connectivity index (χ1) is 13.5. The minimum atomic E-state index is -0.305. The summed E-state index contributed by atoms with van der Waals surface area (Å²) < 4.78 is 0. The third kappa shape index (κ3) is 3.02. The molecule has 3 saturated heterocycles. The summed E-state index contributed by atoms with van der Waals surface area (Å²) in [6.45, 7) is 10.9. The lowest BCUT2D eigenvalue weighted by molar-refractivity contribution is -0.136. The van der Waals surface area contributed by atoms with Gasteiger partial charge in [-0.15, -0.1) is 0 Å². The summed E-state index contributed by atoms with van der Waals surface area (Å²) in [7, 11) is 0. The van der Waals surface area contributed by atoms with Crippen molar-refractivity contribution < 1.29 is 9.59 Å². The van der Waals surface area contributed by atoms with Crippen molar-refractivity contribution in [2.24, 2.45) is 5.92 Å². The van der Waals surface area contributed by atoms with Gasteiger partial charge in [0.25, 0.3) is 0 Å². The van der Waals surface area contributed by atoms with Crippen LogP contribution < -0.4 is 4.90 Å². The smallest absolute Gasteiger partial charge is 0.244 e. The van der Waals surface area contributed by atoms with Gasteiger partial charge in [-0.3, -0.25) is 14.5 Å². The number of carbonyl (C=O) groups is 2. The summed E-state index contributed by atoms with van der Waals surface area (Å²) in [6, 6.07) is 8.97. The van der Waals surface area contributed by atoms with E-state index in [-0.39, 0.29) is 35.9 Å². The molecule has 0 radical (unpaired) electrons. The van der Waals surface area contributed by atoms with Gasteiger partial charge in [0.15, 0.2) is 5.69 Å². The minimum Gasteiger partial charge on any atom is -0.326 e. The highest BCUT2D eigenvalue weighted by atomic mass is 16.2. The van der Waals surface area contributed by atoms with E-state index in [0.717, 1.165) is 31.5 Å². The second-order valence-corrected chi connectivity index (χ2v) is 7.92. The number of piperazine rings is 1. The van der Waals surface area contributed by atoms with Crippen LogP contribution >= 0.6 is 0 Å².